The molecule has 1 heterocycles. The summed E-state index contributed by atoms with van der Waals surface area (Å²) in [5, 5.41) is 0. The molecule has 0 amide bonds. The van der Waals surface area contributed by atoms with E-state index in [0.29, 0.717) is 25.9 Å². The van der Waals surface area contributed by atoms with Crippen LogP contribution in [0.1, 0.15) is 46.0 Å². The Morgan fingerprint density at radius 1 is 1.14 bits per heavy atom. The summed E-state index contributed by atoms with van der Waals surface area (Å²) in [4.78, 5) is 0. The van der Waals surface area contributed by atoms with Gasteiger partial charge in [0.2, 0.25) is 15.9 Å². The van der Waals surface area contributed by atoms with Crippen molar-refractivity contribution in [3.05, 3.63) is 0 Å². The first-order valence-electron chi connectivity index (χ1n) is 7.48. The quantitative estimate of drug-likeness (QED) is 0.745. The molecule has 0 bridgehead atoms. The van der Waals surface area contributed by atoms with Gasteiger partial charge in [0, 0.05) is 12.8 Å². The molecule has 3 atom stereocenters. The summed E-state index contributed by atoms with van der Waals surface area (Å²) < 4.78 is 58.9. The average molecular weight is 323 g/mol. The smallest absolute Gasteiger partial charge is 0.248 e. The molecule has 3 rings (SSSR count). The summed E-state index contributed by atoms with van der Waals surface area (Å²) in [7, 11) is -3.45. The Kier molecular flexibility index (Phi) is 3.26. The van der Waals surface area contributed by atoms with Crippen LogP contribution in [0.4, 0.5) is 8.78 Å². The number of fused-ring (bicyclic) bond motifs is 1. The van der Waals surface area contributed by atoms with Crippen molar-refractivity contribution in [1.29, 1.82) is 0 Å². The van der Waals surface area contributed by atoms with Crippen LogP contribution in [-0.4, -0.2) is 42.8 Å². The molecular weight excluding hydrogens is 300 g/mol. The first-order valence-corrected chi connectivity index (χ1v) is 9.32. The highest BCUT2D eigenvalue weighted by Crippen LogP contribution is 2.56. The van der Waals surface area contributed by atoms with Crippen molar-refractivity contribution < 1.29 is 21.9 Å². The lowest BCUT2D eigenvalue weighted by Gasteiger charge is -2.37. The summed E-state index contributed by atoms with van der Waals surface area (Å²) in [5.74, 6) is -2.51. The molecule has 3 aliphatic rings. The van der Waals surface area contributed by atoms with Crippen LogP contribution in [0.2, 0.25) is 0 Å². The molecule has 3 fully saturated rings. The molecule has 2 saturated carbocycles. The van der Waals surface area contributed by atoms with Gasteiger partial charge in [-0.25, -0.2) is 17.2 Å². The van der Waals surface area contributed by atoms with E-state index in [1.165, 1.54) is 10.6 Å². The zero-order valence-electron chi connectivity index (χ0n) is 12.7. The highest BCUT2D eigenvalue weighted by Gasteiger charge is 2.62. The summed E-state index contributed by atoms with van der Waals surface area (Å²) >= 11 is 0. The predicted octanol–water partition coefficient (Wildman–Crippen LogP) is 2.60. The van der Waals surface area contributed by atoms with Gasteiger partial charge in [-0.1, -0.05) is 0 Å². The maximum atomic E-state index is 13.6. The second kappa shape index (κ2) is 4.38. The lowest BCUT2D eigenvalue weighted by molar-refractivity contribution is -0.0635. The Labute approximate surface area is 124 Å². The molecule has 2 aliphatic carbocycles. The maximum Gasteiger partial charge on any atom is 0.248 e. The Morgan fingerprint density at radius 3 is 2.38 bits per heavy atom. The molecule has 7 heteroatoms. The van der Waals surface area contributed by atoms with Gasteiger partial charge in [-0.15, -0.1) is 0 Å². The summed E-state index contributed by atoms with van der Waals surface area (Å²) in [5.41, 5.74) is -1.53. The monoisotopic (exact) mass is 323 g/mol. The van der Waals surface area contributed by atoms with E-state index in [9.17, 15) is 17.2 Å². The van der Waals surface area contributed by atoms with E-state index in [2.05, 4.69) is 0 Å². The van der Waals surface area contributed by atoms with Crippen molar-refractivity contribution in [2.45, 2.75) is 63.1 Å². The molecule has 0 radical (unpaired) electrons. The number of rotatable bonds is 1. The zero-order valence-corrected chi connectivity index (χ0v) is 13.5. The van der Waals surface area contributed by atoms with E-state index in [0.717, 1.165) is 0 Å². The van der Waals surface area contributed by atoms with Crippen LogP contribution >= 0.6 is 0 Å². The van der Waals surface area contributed by atoms with Crippen molar-refractivity contribution >= 4 is 10.0 Å². The molecule has 122 valence electrons. The summed E-state index contributed by atoms with van der Waals surface area (Å²) in [6.45, 7) is 3.78. The predicted molar refractivity (Wildman–Crippen MR) is 74.5 cm³/mol. The first kappa shape index (κ1) is 15.6. The maximum absolute atomic E-state index is 13.6. The number of hydrogen-bond acceptors (Lipinski definition) is 3. The number of ether oxygens (including phenoxy) is 1. The van der Waals surface area contributed by atoms with E-state index in [-0.39, 0.29) is 24.7 Å². The molecule has 0 aromatic rings. The lowest BCUT2D eigenvalue weighted by Crippen LogP contribution is -2.54. The van der Waals surface area contributed by atoms with E-state index in [1.54, 1.807) is 13.8 Å². The fraction of sp³-hybridized carbons (Fsp3) is 1.00. The van der Waals surface area contributed by atoms with E-state index >= 15 is 0 Å². The first-order chi connectivity index (χ1) is 9.45. The molecule has 4 nitrogen and oxygen atoms in total. The summed E-state index contributed by atoms with van der Waals surface area (Å²) in [6.07, 6.45) is 2.61. The van der Waals surface area contributed by atoms with Gasteiger partial charge in [-0.3, -0.25) is 0 Å². The lowest BCUT2D eigenvalue weighted by atomic mass is 9.80. The number of halogens is 2. The van der Waals surface area contributed by atoms with Gasteiger partial charge in [-0.2, -0.15) is 4.31 Å². The standard InChI is InChI=1S/C14H23F2NO3S/c1-12(2)17(21(3,18)19)13(9-20-12)6-10-4-5-14(15,16)8-11(10)7-13/h10-11H,4-9H2,1-3H3/t10?,11-,13?/m1/s1. The molecule has 1 saturated heterocycles. The number of sulfonamides is 1. The van der Waals surface area contributed by atoms with Gasteiger partial charge < -0.3 is 4.74 Å². The molecule has 21 heavy (non-hydrogen) atoms. The van der Waals surface area contributed by atoms with Crippen LogP contribution in [0.5, 0.6) is 0 Å². The van der Waals surface area contributed by atoms with Gasteiger partial charge >= 0.3 is 0 Å². The number of hydrogen-bond donors (Lipinski definition) is 0. The van der Waals surface area contributed by atoms with Gasteiger partial charge in [-0.05, 0) is 44.9 Å². The second-order valence-electron chi connectivity index (χ2n) is 7.51. The Balaban J connectivity index is 1.93. The third kappa shape index (κ3) is 2.51. The largest absolute Gasteiger partial charge is 0.358 e. The SMILES string of the molecule is CC1(C)OCC2(CC3CCC(F)(F)C[C@H]3C2)N1S(C)(=O)=O. The molecule has 1 spiro atoms. The minimum Gasteiger partial charge on any atom is -0.358 e. The van der Waals surface area contributed by atoms with E-state index in [1.807, 2.05) is 0 Å². The van der Waals surface area contributed by atoms with E-state index < -0.39 is 27.2 Å². The molecule has 0 aromatic carbocycles. The van der Waals surface area contributed by atoms with Gasteiger partial charge in [0.1, 0.15) is 5.72 Å². The van der Waals surface area contributed by atoms with Gasteiger partial charge in [0.05, 0.1) is 18.4 Å². The molecule has 0 aromatic heterocycles. The van der Waals surface area contributed by atoms with Crippen LogP contribution < -0.4 is 0 Å². The van der Waals surface area contributed by atoms with Crippen molar-refractivity contribution in [1.82, 2.24) is 4.31 Å². The van der Waals surface area contributed by atoms with Gasteiger partial charge in [0.15, 0.2) is 0 Å². The van der Waals surface area contributed by atoms with Gasteiger partial charge in [0.25, 0.3) is 0 Å². The average Bonchev–Trinajstić information content (AvgIpc) is 2.73. The minimum absolute atomic E-state index is 0.0760. The third-order valence-electron chi connectivity index (χ3n) is 5.34. The highest BCUT2D eigenvalue weighted by atomic mass is 32.2. The number of alkyl halides is 2. The topological polar surface area (TPSA) is 46.6 Å². The normalized spacial score (nSPS) is 42.3. The van der Waals surface area contributed by atoms with Crippen LogP contribution in [0.25, 0.3) is 0 Å². The van der Waals surface area contributed by atoms with Crippen LogP contribution in [0, 0.1) is 11.8 Å². The summed E-state index contributed by atoms with van der Waals surface area (Å²) in [6, 6.07) is 0. The zero-order chi connectivity index (χ0) is 15.7. The third-order valence-corrected chi connectivity index (χ3v) is 6.83. The van der Waals surface area contributed by atoms with Crippen molar-refractivity contribution in [2.24, 2.45) is 11.8 Å². The van der Waals surface area contributed by atoms with Crippen LogP contribution in [0.3, 0.4) is 0 Å². The molecule has 1 aliphatic heterocycles. The second-order valence-corrected chi connectivity index (χ2v) is 9.35. The molecule has 0 N–H and O–H groups in total. The van der Waals surface area contributed by atoms with Crippen LogP contribution in [0.15, 0.2) is 0 Å². The highest BCUT2D eigenvalue weighted by molar-refractivity contribution is 7.88. The fourth-order valence-corrected chi connectivity index (χ4v) is 6.64. The number of nitrogens with zero attached hydrogens (tertiary/aromatic N) is 1. The van der Waals surface area contributed by atoms with E-state index in [4.69, 9.17) is 4.74 Å². The Bertz CT molecular complexity index is 548. The Morgan fingerprint density at radius 2 is 1.76 bits per heavy atom. The minimum atomic E-state index is -3.45. The van der Waals surface area contributed by atoms with Crippen molar-refractivity contribution in [3.63, 3.8) is 0 Å². The molecule has 2 unspecified atom stereocenters. The van der Waals surface area contributed by atoms with Crippen molar-refractivity contribution in [3.8, 4) is 0 Å². The Hall–Kier alpha value is -0.270. The van der Waals surface area contributed by atoms with Crippen LogP contribution in [-0.2, 0) is 14.8 Å². The molecular formula is C14H23F2NO3S. The fourth-order valence-electron chi connectivity index (χ4n) is 4.89. The van der Waals surface area contributed by atoms with Crippen molar-refractivity contribution in [2.75, 3.05) is 12.9 Å².